The molecule has 0 spiro atoms. The number of carbonyl (C=O) groups excluding carboxylic acids is 2. The molecule has 23 heavy (non-hydrogen) atoms. The van der Waals surface area contributed by atoms with Crippen LogP contribution in [0.2, 0.25) is 0 Å². The van der Waals surface area contributed by atoms with Crippen molar-refractivity contribution in [3.63, 3.8) is 0 Å². The van der Waals surface area contributed by atoms with Gasteiger partial charge < -0.3 is 10.6 Å². The fourth-order valence-corrected chi connectivity index (χ4v) is 2.68. The maximum Gasteiger partial charge on any atom is 0.267 e. The SMILES string of the molecule is CC(C)NC(=O)c1ccccc1NC(=S)NC(=O)c1cccs1. The molecule has 0 aliphatic rings. The summed E-state index contributed by atoms with van der Waals surface area (Å²) >= 11 is 6.48. The second kappa shape index (κ2) is 7.85. The number of hydrogen-bond donors (Lipinski definition) is 3. The monoisotopic (exact) mass is 347 g/mol. The third kappa shape index (κ3) is 4.87. The van der Waals surface area contributed by atoms with Gasteiger partial charge in [0.05, 0.1) is 16.1 Å². The molecule has 0 saturated heterocycles. The first kappa shape index (κ1) is 17.1. The molecule has 0 aliphatic heterocycles. The number of carbonyl (C=O) groups is 2. The fraction of sp³-hybridized carbons (Fsp3) is 0.188. The molecule has 5 nitrogen and oxygen atoms in total. The van der Waals surface area contributed by atoms with Gasteiger partial charge >= 0.3 is 0 Å². The van der Waals surface area contributed by atoms with Crippen LogP contribution in [0.15, 0.2) is 41.8 Å². The molecule has 0 atom stereocenters. The van der Waals surface area contributed by atoms with Crippen LogP contribution in [-0.4, -0.2) is 23.0 Å². The highest BCUT2D eigenvalue weighted by atomic mass is 32.1. The van der Waals surface area contributed by atoms with Crippen molar-refractivity contribution in [1.82, 2.24) is 10.6 Å². The van der Waals surface area contributed by atoms with E-state index in [1.54, 1.807) is 36.4 Å². The average Bonchev–Trinajstić information content (AvgIpc) is 3.01. The van der Waals surface area contributed by atoms with Crippen molar-refractivity contribution in [2.75, 3.05) is 5.32 Å². The molecule has 1 aromatic carbocycles. The molecule has 0 bridgehead atoms. The Kier molecular flexibility index (Phi) is 5.84. The minimum Gasteiger partial charge on any atom is -0.350 e. The van der Waals surface area contributed by atoms with Crippen LogP contribution in [0.1, 0.15) is 33.9 Å². The van der Waals surface area contributed by atoms with E-state index in [1.807, 2.05) is 19.2 Å². The number of benzene rings is 1. The third-order valence-corrected chi connectivity index (χ3v) is 3.88. The van der Waals surface area contributed by atoms with Gasteiger partial charge in [0, 0.05) is 6.04 Å². The highest BCUT2D eigenvalue weighted by molar-refractivity contribution is 7.80. The quantitative estimate of drug-likeness (QED) is 0.744. The van der Waals surface area contributed by atoms with Gasteiger partial charge in [0.2, 0.25) is 0 Å². The van der Waals surface area contributed by atoms with E-state index in [2.05, 4.69) is 16.0 Å². The second-order valence-corrected chi connectivity index (χ2v) is 6.42. The van der Waals surface area contributed by atoms with E-state index in [1.165, 1.54) is 11.3 Å². The number of rotatable bonds is 4. The first-order valence-electron chi connectivity index (χ1n) is 7.03. The van der Waals surface area contributed by atoms with Gasteiger partial charge in [-0.05, 0) is 49.6 Å². The molecule has 3 N–H and O–H groups in total. The molecule has 1 heterocycles. The van der Waals surface area contributed by atoms with Crippen molar-refractivity contribution >= 4 is 46.2 Å². The summed E-state index contributed by atoms with van der Waals surface area (Å²) in [5.41, 5.74) is 1.01. The van der Waals surface area contributed by atoms with Crippen molar-refractivity contribution in [3.05, 3.63) is 52.2 Å². The molecule has 2 amide bonds. The van der Waals surface area contributed by atoms with Crippen LogP contribution in [0.4, 0.5) is 5.69 Å². The van der Waals surface area contributed by atoms with Crippen molar-refractivity contribution in [2.24, 2.45) is 0 Å². The van der Waals surface area contributed by atoms with E-state index in [0.29, 0.717) is 16.1 Å². The minimum atomic E-state index is -0.276. The fourth-order valence-electron chi connectivity index (χ4n) is 1.86. The Morgan fingerprint density at radius 3 is 2.48 bits per heavy atom. The summed E-state index contributed by atoms with van der Waals surface area (Å²) < 4.78 is 0. The number of thiophene rings is 1. The maximum absolute atomic E-state index is 12.2. The van der Waals surface area contributed by atoms with E-state index in [0.717, 1.165) is 0 Å². The Bertz CT molecular complexity index is 712. The van der Waals surface area contributed by atoms with E-state index >= 15 is 0 Å². The van der Waals surface area contributed by atoms with Crippen LogP contribution < -0.4 is 16.0 Å². The summed E-state index contributed by atoms with van der Waals surface area (Å²) in [6.07, 6.45) is 0. The molecule has 1 aromatic heterocycles. The first-order chi connectivity index (χ1) is 11.0. The van der Waals surface area contributed by atoms with Crippen LogP contribution in [0.5, 0.6) is 0 Å². The summed E-state index contributed by atoms with van der Waals surface area (Å²) in [6.45, 7) is 3.78. The normalized spacial score (nSPS) is 10.2. The Morgan fingerprint density at radius 2 is 1.83 bits per heavy atom. The van der Waals surface area contributed by atoms with Gasteiger partial charge in [0.25, 0.3) is 11.8 Å². The summed E-state index contributed by atoms with van der Waals surface area (Å²) in [7, 11) is 0. The third-order valence-electron chi connectivity index (χ3n) is 2.81. The van der Waals surface area contributed by atoms with Gasteiger partial charge in [-0.1, -0.05) is 18.2 Å². The van der Waals surface area contributed by atoms with Crippen molar-refractivity contribution < 1.29 is 9.59 Å². The minimum absolute atomic E-state index is 0.0287. The average molecular weight is 347 g/mol. The molecule has 2 aromatic rings. The van der Waals surface area contributed by atoms with Crippen LogP contribution >= 0.6 is 23.6 Å². The van der Waals surface area contributed by atoms with Gasteiger partial charge in [-0.2, -0.15) is 0 Å². The predicted octanol–water partition coefficient (Wildman–Crippen LogP) is 3.01. The number of thiocarbonyl (C=S) groups is 1. The Labute approximate surface area is 144 Å². The van der Waals surface area contributed by atoms with Gasteiger partial charge in [-0.15, -0.1) is 11.3 Å². The number of hydrogen-bond acceptors (Lipinski definition) is 4. The Hall–Kier alpha value is -2.25. The van der Waals surface area contributed by atoms with Crippen LogP contribution in [0.3, 0.4) is 0 Å². The van der Waals surface area contributed by atoms with Crippen molar-refractivity contribution in [1.29, 1.82) is 0 Å². The lowest BCUT2D eigenvalue weighted by atomic mass is 10.1. The van der Waals surface area contributed by atoms with Crippen LogP contribution in [0, 0.1) is 0 Å². The molecule has 7 heteroatoms. The molecule has 0 saturated carbocycles. The van der Waals surface area contributed by atoms with Gasteiger partial charge in [-0.3, -0.25) is 14.9 Å². The molecule has 0 unspecified atom stereocenters. The Morgan fingerprint density at radius 1 is 1.09 bits per heavy atom. The molecule has 0 aliphatic carbocycles. The number of nitrogens with one attached hydrogen (secondary N) is 3. The molecule has 0 radical (unpaired) electrons. The maximum atomic E-state index is 12.2. The topological polar surface area (TPSA) is 70.2 Å². The zero-order valence-electron chi connectivity index (χ0n) is 12.8. The Balaban J connectivity index is 2.06. The smallest absolute Gasteiger partial charge is 0.267 e. The van der Waals surface area contributed by atoms with E-state index in [-0.39, 0.29) is 23.0 Å². The van der Waals surface area contributed by atoms with Crippen molar-refractivity contribution in [3.8, 4) is 0 Å². The summed E-state index contributed by atoms with van der Waals surface area (Å²) in [6, 6.07) is 10.5. The van der Waals surface area contributed by atoms with Crippen LogP contribution in [0.25, 0.3) is 0 Å². The van der Waals surface area contributed by atoms with E-state index < -0.39 is 0 Å². The van der Waals surface area contributed by atoms with Crippen LogP contribution in [-0.2, 0) is 0 Å². The highest BCUT2D eigenvalue weighted by Crippen LogP contribution is 2.15. The molecule has 0 fully saturated rings. The number of amides is 2. The van der Waals surface area contributed by atoms with E-state index in [9.17, 15) is 9.59 Å². The lowest BCUT2D eigenvalue weighted by molar-refractivity contribution is 0.0942. The van der Waals surface area contributed by atoms with Gasteiger partial charge in [0.1, 0.15) is 0 Å². The zero-order valence-corrected chi connectivity index (χ0v) is 14.4. The highest BCUT2D eigenvalue weighted by Gasteiger charge is 2.14. The molecule has 120 valence electrons. The standard InChI is InChI=1S/C16H17N3O2S2/c1-10(2)17-14(20)11-6-3-4-7-12(11)18-16(22)19-15(21)13-8-5-9-23-13/h3-10H,1-2H3,(H,17,20)(H2,18,19,21,22). The largest absolute Gasteiger partial charge is 0.350 e. The summed E-state index contributed by atoms with van der Waals surface area (Å²) in [5, 5.41) is 10.3. The molecule has 2 rings (SSSR count). The number of para-hydroxylation sites is 1. The van der Waals surface area contributed by atoms with Gasteiger partial charge in [-0.25, -0.2) is 0 Å². The molecular formula is C16H17N3O2S2. The van der Waals surface area contributed by atoms with E-state index in [4.69, 9.17) is 12.2 Å². The second-order valence-electron chi connectivity index (χ2n) is 5.06. The number of anilines is 1. The van der Waals surface area contributed by atoms with Gasteiger partial charge in [0.15, 0.2) is 5.11 Å². The lowest BCUT2D eigenvalue weighted by Gasteiger charge is -2.14. The lowest BCUT2D eigenvalue weighted by Crippen LogP contribution is -2.35. The predicted molar refractivity (Wildman–Crippen MR) is 97.1 cm³/mol. The summed E-state index contributed by atoms with van der Waals surface area (Å²) in [5.74, 6) is -0.475. The first-order valence-corrected chi connectivity index (χ1v) is 8.32. The molecular weight excluding hydrogens is 330 g/mol. The zero-order chi connectivity index (χ0) is 16.8. The van der Waals surface area contributed by atoms with Crippen molar-refractivity contribution in [2.45, 2.75) is 19.9 Å². The summed E-state index contributed by atoms with van der Waals surface area (Å²) in [4.78, 5) is 24.7.